The first-order valence-corrected chi connectivity index (χ1v) is 7.79. The SMILES string of the molecule is CCCCC[C@]12O[C@@H]1CC[C@H]2OCc1ccccc1F. The van der Waals surface area contributed by atoms with Crippen molar-refractivity contribution in [2.24, 2.45) is 0 Å². The van der Waals surface area contributed by atoms with Gasteiger partial charge in [-0.25, -0.2) is 4.39 Å². The molecule has 3 heteroatoms. The summed E-state index contributed by atoms with van der Waals surface area (Å²) in [5.74, 6) is -0.182. The van der Waals surface area contributed by atoms with Crippen LogP contribution in [0, 0.1) is 5.82 Å². The quantitative estimate of drug-likeness (QED) is 0.550. The molecule has 3 atom stereocenters. The minimum Gasteiger partial charge on any atom is -0.370 e. The summed E-state index contributed by atoms with van der Waals surface area (Å²) in [6, 6.07) is 6.84. The number of benzene rings is 1. The second-order valence-corrected chi connectivity index (χ2v) is 5.99. The van der Waals surface area contributed by atoms with Crippen LogP contribution in [0.1, 0.15) is 51.0 Å². The molecule has 0 amide bonds. The summed E-state index contributed by atoms with van der Waals surface area (Å²) in [5, 5.41) is 0. The Morgan fingerprint density at radius 3 is 2.90 bits per heavy atom. The fraction of sp³-hybridized carbons (Fsp3) is 0.647. The average molecular weight is 278 g/mol. The molecule has 0 aromatic heterocycles. The van der Waals surface area contributed by atoms with Crippen molar-refractivity contribution in [3.8, 4) is 0 Å². The van der Waals surface area contributed by atoms with Crippen LogP contribution in [0.25, 0.3) is 0 Å². The maximum Gasteiger partial charge on any atom is 0.128 e. The van der Waals surface area contributed by atoms with E-state index in [4.69, 9.17) is 9.47 Å². The molecule has 20 heavy (non-hydrogen) atoms. The van der Waals surface area contributed by atoms with E-state index in [0.29, 0.717) is 18.3 Å². The molecule has 110 valence electrons. The number of epoxide rings is 1. The molecule has 1 aliphatic heterocycles. The van der Waals surface area contributed by atoms with Gasteiger partial charge < -0.3 is 9.47 Å². The van der Waals surface area contributed by atoms with Crippen LogP contribution < -0.4 is 0 Å². The van der Waals surface area contributed by atoms with Crippen molar-refractivity contribution in [1.82, 2.24) is 0 Å². The third-order valence-corrected chi connectivity index (χ3v) is 4.65. The summed E-state index contributed by atoms with van der Waals surface area (Å²) in [7, 11) is 0. The Kier molecular flexibility index (Phi) is 4.08. The number of hydrogen-bond donors (Lipinski definition) is 0. The summed E-state index contributed by atoms with van der Waals surface area (Å²) in [6.07, 6.45) is 7.44. The Morgan fingerprint density at radius 1 is 1.30 bits per heavy atom. The number of fused-ring (bicyclic) bond motifs is 1. The molecule has 0 unspecified atom stereocenters. The highest BCUT2D eigenvalue weighted by Crippen LogP contribution is 2.54. The van der Waals surface area contributed by atoms with Gasteiger partial charge in [0.2, 0.25) is 0 Å². The van der Waals surface area contributed by atoms with Crippen molar-refractivity contribution in [3.63, 3.8) is 0 Å². The number of ether oxygens (including phenoxy) is 2. The lowest BCUT2D eigenvalue weighted by Crippen LogP contribution is -2.30. The number of halogens is 1. The standard InChI is InChI=1S/C17H23FO2/c1-2-3-6-11-17-15(9-10-16(17)20-17)19-12-13-7-4-5-8-14(13)18/h4-5,7-8,15-16H,2-3,6,9-12H2,1H3/t15-,16-,17-/m1/s1. The third-order valence-electron chi connectivity index (χ3n) is 4.65. The number of hydrogen-bond acceptors (Lipinski definition) is 2. The van der Waals surface area contributed by atoms with Crippen LogP contribution in [0.4, 0.5) is 4.39 Å². The first-order valence-electron chi connectivity index (χ1n) is 7.79. The molecule has 0 spiro atoms. The van der Waals surface area contributed by atoms with E-state index in [-0.39, 0.29) is 17.5 Å². The summed E-state index contributed by atoms with van der Waals surface area (Å²) in [5.41, 5.74) is 0.598. The molecule has 2 aliphatic rings. The van der Waals surface area contributed by atoms with Crippen LogP contribution >= 0.6 is 0 Å². The van der Waals surface area contributed by atoms with Crippen molar-refractivity contribution >= 4 is 0 Å². The topological polar surface area (TPSA) is 21.8 Å². The molecule has 1 aromatic carbocycles. The van der Waals surface area contributed by atoms with E-state index >= 15 is 0 Å². The number of rotatable bonds is 7. The minimum atomic E-state index is -0.182. The summed E-state index contributed by atoms with van der Waals surface area (Å²) in [6.45, 7) is 2.56. The maximum absolute atomic E-state index is 13.6. The zero-order chi connectivity index (χ0) is 14.0. The molecular weight excluding hydrogens is 255 g/mol. The van der Waals surface area contributed by atoms with Gasteiger partial charge in [-0.1, -0.05) is 44.4 Å². The molecule has 1 aliphatic carbocycles. The van der Waals surface area contributed by atoms with Gasteiger partial charge in [0.15, 0.2) is 0 Å². The zero-order valence-electron chi connectivity index (χ0n) is 12.1. The normalized spacial score (nSPS) is 31.3. The Morgan fingerprint density at radius 2 is 2.15 bits per heavy atom. The smallest absolute Gasteiger partial charge is 0.128 e. The Bertz CT molecular complexity index is 462. The third kappa shape index (κ3) is 2.61. The van der Waals surface area contributed by atoms with Crippen LogP contribution in [0.5, 0.6) is 0 Å². The largest absolute Gasteiger partial charge is 0.370 e. The predicted octanol–water partition coefficient (Wildman–Crippen LogP) is 4.22. The second-order valence-electron chi connectivity index (χ2n) is 5.99. The Hall–Kier alpha value is -0.930. The first-order chi connectivity index (χ1) is 9.76. The van der Waals surface area contributed by atoms with E-state index < -0.39 is 0 Å². The van der Waals surface area contributed by atoms with Crippen LogP contribution in [-0.4, -0.2) is 17.8 Å². The van der Waals surface area contributed by atoms with Crippen molar-refractivity contribution in [2.75, 3.05) is 0 Å². The highest BCUT2D eigenvalue weighted by Gasteiger charge is 2.65. The molecule has 1 aromatic rings. The van der Waals surface area contributed by atoms with Crippen LogP contribution in [0.15, 0.2) is 24.3 Å². The van der Waals surface area contributed by atoms with Crippen molar-refractivity contribution in [2.45, 2.75) is 69.9 Å². The molecular formula is C17H23FO2. The van der Waals surface area contributed by atoms with E-state index in [1.54, 1.807) is 12.1 Å². The van der Waals surface area contributed by atoms with Gasteiger partial charge in [-0.3, -0.25) is 0 Å². The van der Waals surface area contributed by atoms with Crippen molar-refractivity contribution in [1.29, 1.82) is 0 Å². The van der Waals surface area contributed by atoms with Crippen molar-refractivity contribution in [3.05, 3.63) is 35.6 Å². The van der Waals surface area contributed by atoms with Crippen LogP contribution in [-0.2, 0) is 16.1 Å². The predicted molar refractivity (Wildman–Crippen MR) is 76.0 cm³/mol. The van der Waals surface area contributed by atoms with Gasteiger partial charge in [-0.15, -0.1) is 0 Å². The molecule has 0 N–H and O–H groups in total. The molecule has 1 heterocycles. The lowest BCUT2D eigenvalue weighted by Gasteiger charge is -2.21. The molecule has 1 saturated carbocycles. The van der Waals surface area contributed by atoms with Gasteiger partial charge in [-0.2, -0.15) is 0 Å². The Labute approximate surface area is 120 Å². The molecule has 1 saturated heterocycles. The van der Waals surface area contributed by atoms with E-state index in [9.17, 15) is 4.39 Å². The van der Waals surface area contributed by atoms with E-state index in [1.807, 2.05) is 6.07 Å². The van der Waals surface area contributed by atoms with E-state index in [0.717, 1.165) is 19.3 Å². The summed E-state index contributed by atoms with van der Waals surface area (Å²) in [4.78, 5) is 0. The lowest BCUT2D eigenvalue weighted by molar-refractivity contribution is -0.0223. The highest BCUT2D eigenvalue weighted by atomic mass is 19.1. The first kappa shape index (κ1) is 14.0. The zero-order valence-corrected chi connectivity index (χ0v) is 12.1. The number of unbranched alkanes of at least 4 members (excludes halogenated alkanes) is 2. The van der Waals surface area contributed by atoms with Gasteiger partial charge in [0, 0.05) is 5.56 Å². The van der Waals surface area contributed by atoms with Crippen LogP contribution in [0.3, 0.4) is 0 Å². The minimum absolute atomic E-state index is 0.0412. The lowest BCUT2D eigenvalue weighted by atomic mass is 9.97. The van der Waals surface area contributed by atoms with Gasteiger partial charge in [0.25, 0.3) is 0 Å². The van der Waals surface area contributed by atoms with Gasteiger partial charge in [-0.05, 0) is 25.3 Å². The average Bonchev–Trinajstić information content (AvgIpc) is 3.06. The highest BCUT2D eigenvalue weighted by molar-refractivity contribution is 5.17. The molecule has 0 radical (unpaired) electrons. The summed E-state index contributed by atoms with van der Waals surface area (Å²) < 4.78 is 25.5. The fourth-order valence-corrected chi connectivity index (χ4v) is 3.43. The van der Waals surface area contributed by atoms with Gasteiger partial charge in [0.1, 0.15) is 11.4 Å². The Balaban J connectivity index is 1.56. The monoisotopic (exact) mass is 278 g/mol. The second kappa shape index (κ2) is 5.82. The van der Waals surface area contributed by atoms with Crippen molar-refractivity contribution < 1.29 is 13.9 Å². The molecule has 2 fully saturated rings. The van der Waals surface area contributed by atoms with Gasteiger partial charge >= 0.3 is 0 Å². The fourth-order valence-electron chi connectivity index (χ4n) is 3.43. The van der Waals surface area contributed by atoms with Gasteiger partial charge in [0.05, 0.1) is 18.8 Å². The van der Waals surface area contributed by atoms with E-state index in [2.05, 4.69) is 6.92 Å². The summed E-state index contributed by atoms with van der Waals surface area (Å²) >= 11 is 0. The maximum atomic E-state index is 13.6. The molecule has 3 rings (SSSR count). The van der Waals surface area contributed by atoms with E-state index in [1.165, 1.54) is 25.3 Å². The molecule has 0 bridgehead atoms. The molecule has 2 nitrogen and oxygen atoms in total. The van der Waals surface area contributed by atoms with Crippen LogP contribution in [0.2, 0.25) is 0 Å².